The highest BCUT2D eigenvalue weighted by Gasteiger charge is 2.13. The normalized spacial score (nSPS) is 11.0. The Labute approximate surface area is 131 Å². The summed E-state index contributed by atoms with van der Waals surface area (Å²) < 4.78 is 20.6. The number of nitrogens with zero attached hydrogens (tertiary/aromatic N) is 3. The van der Waals surface area contributed by atoms with Crippen molar-refractivity contribution in [3.05, 3.63) is 60.7 Å². The Morgan fingerprint density at radius 3 is 2.87 bits per heavy atom. The number of halogens is 1. The van der Waals surface area contributed by atoms with Gasteiger partial charge < -0.3 is 14.3 Å². The second kappa shape index (κ2) is 5.24. The van der Waals surface area contributed by atoms with Crippen LogP contribution in [0.1, 0.15) is 0 Å². The molecule has 0 atom stereocenters. The van der Waals surface area contributed by atoms with Crippen LogP contribution in [0.25, 0.3) is 22.6 Å². The minimum Gasteiger partial charge on any atom is -0.461 e. The minimum absolute atomic E-state index is 0.295. The van der Waals surface area contributed by atoms with Gasteiger partial charge in [-0.05, 0) is 30.3 Å². The number of pyridine rings is 1. The van der Waals surface area contributed by atoms with Crippen molar-refractivity contribution >= 4 is 22.5 Å². The monoisotopic (exact) mass is 308 g/mol. The van der Waals surface area contributed by atoms with Crippen LogP contribution in [0.4, 0.5) is 15.9 Å². The van der Waals surface area contributed by atoms with Crippen LogP contribution in [-0.2, 0) is 7.05 Å². The van der Waals surface area contributed by atoms with Crippen molar-refractivity contribution in [1.82, 2.24) is 14.5 Å². The molecule has 0 saturated carbocycles. The van der Waals surface area contributed by atoms with E-state index in [2.05, 4.69) is 15.3 Å². The highest BCUT2D eigenvalue weighted by Crippen LogP contribution is 2.26. The van der Waals surface area contributed by atoms with E-state index < -0.39 is 0 Å². The van der Waals surface area contributed by atoms with Crippen LogP contribution in [0.5, 0.6) is 0 Å². The Hall–Kier alpha value is -3.15. The largest absolute Gasteiger partial charge is 0.461 e. The second-order valence-electron chi connectivity index (χ2n) is 5.17. The summed E-state index contributed by atoms with van der Waals surface area (Å²) in [5.41, 5.74) is 2.32. The predicted octanol–water partition coefficient (Wildman–Crippen LogP) is 4.11. The lowest BCUT2D eigenvalue weighted by Crippen LogP contribution is -1.95. The molecule has 114 valence electrons. The van der Waals surface area contributed by atoms with Gasteiger partial charge in [-0.25, -0.2) is 14.4 Å². The average Bonchev–Trinajstić information content (AvgIpc) is 3.16. The summed E-state index contributed by atoms with van der Waals surface area (Å²) in [4.78, 5) is 8.86. The molecular formula is C17H13FN4O. The van der Waals surface area contributed by atoms with Gasteiger partial charge in [-0.15, -0.1) is 0 Å². The highest BCUT2D eigenvalue weighted by molar-refractivity contribution is 5.82. The van der Waals surface area contributed by atoms with Crippen molar-refractivity contribution in [1.29, 1.82) is 0 Å². The van der Waals surface area contributed by atoms with Crippen LogP contribution in [0.2, 0.25) is 0 Å². The maximum absolute atomic E-state index is 13.3. The van der Waals surface area contributed by atoms with Crippen molar-refractivity contribution in [3.8, 4) is 11.6 Å². The number of anilines is 2. The van der Waals surface area contributed by atoms with Gasteiger partial charge in [-0.3, -0.25) is 0 Å². The number of aromatic nitrogens is 3. The molecule has 0 aliphatic rings. The molecular weight excluding hydrogens is 295 g/mol. The van der Waals surface area contributed by atoms with Gasteiger partial charge in [0.25, 0.3) is 0 Å². The summed E-state index contributed by atoms with van der Waals surface area (Å²) in [5, 5.41) is 3.09. The summed E-state index contributed by atoms with van der Waals surface area (Å²) in [6.45, 7) is 0. The lowest BCUT2D eigenvalue weighted by atomic mass is 10.3. The van der Waals surface area contributed by atoms with Crippen LogP contribution in [0.3, 0.4) is 0 Å². The first-order chi connectivity index (χ1) is 11.2. The van der Waals surface area contributed by atoms with E-state index in [0.29, 0.717) is 17.3 Å². The summed E-state index contributed by atoms with van der Waals surface area (Å²) in [7, 11) is 1.92. The second-order valence-corrected chi connectivity index (χ2v) is 5.17. The number of nitrogens with one attached hydrogen (secondary N) is 1. The van der Waals surface area contributed by atoms with E-state index in [-0.39, 0.29) is 5.82 Å². The van der Waals surface area contributed by atoms with Gasteiger partial charge >= 0.3 is 0 Å². The number of hydrogen-bond donors (Lipinski definition) is 1. The van der Waals surface area contributed by atoms with Gasteiger partial charge in [0, 0.05) is 18.8 Å². The lowest BCUT2D eigenvalue weighted by Gasteiger charge is -2.06. The molecule has 1 N–H and O–H groups in total. The van der Waals surface area contributed by atoms with Gasteiger partial charge in [-0.2, -0.15) is 0 Å². The fourth-order valence-corrected chi connectivity index (χ4v) is 2.50. The molecule has 0 radical (unpaired) electrons. The molecule has 3 heterocycles. The van der Waals surface area contributed by atoms with Gasteiger partial charge in [0.15, 0.2) is 11.6 Å². The molecule has 6 heteroatoms. The van der Waals surface area contributed by atoms with Crippen molar-refractivity contribution in [2.45, 2.75) is 0 Å². The van der Waals surface area contributed by atoms with Crippen molar-refractivity contribution < 1.29 is 8.81 Å². The van der Waals surface area contributed by atoms with Gasteiger partial charge in [0.1, 0.15) is 17.2 Å². The standard InChI is InChI=1S/C17H13FN4O/c1-22-14-9-16(20-12-5-2-4-11(18)8-12)19-10-13(14)21-17(22)15-6-3-7-23-15/h2-10H,1H3,(H,19,20). The van der Waals surface area contributed by atoms with Gasteiger partial charge in [0.05, 0.1) is 18.0 Å². The quantitative estimate of drug-likeness (QED) is 0.619. The molecule has 0 saturated heterocycles. The highest BCUT2D eigenvalue weighted by atomic mass is 19.1. The number of hydrogen-bond acceptors (Lipinski definition) is 4. The first-order valence-corrected chi connectivity index (χ1v) is 7.09. The molecule has 0 aliphatic heterocycles. The minimum atomic E-state index is -0.295. The van der Waals surface area contributed by atoms with Crippen molar-refractivity contribution in [3.63, 3.8) is 0 Å². The smallest absolute Gasteiger partial charge is 0.177 e. The third-order valence-electron chi connectivity index (χ3n) is 3.61. The summed E-state index contributed by atoms with van der Waals surface area (Å²) >= 11 is 0. The molecule has 0 spiro atoms. The Bertz CT molecular complexity index is 976. The first kappa shape index (κ1) is 13.5. The maximum atomic E-state index is 13.3. The zero-order valence-electron chi connectivity index (χ0n) is 12.3. The third kappa shape index (κ3) is 2.44. The maximum Gasteiger partial charge on any atom is 0.177 e. The molecule has 1 aromatic carbocycles. The Kier molecular flexibility index (Phi) is 3.08. The predicted molar refractivity (Wildman–Crippen MR) is 85.9 cm³/mol. The van der Waals surface area contributed by atoms with Crippen LogP contribution in [-0.4, -0.2) is 14.5 Å². The topological polar surface area (TPSA) is 55.9 Å². The van der Waals surface area contributed by atoms with Crippen LogP contribution in [0.15, 0.2) is 59.3 Å². The van der Waals surface area contributed by atoms with Crippen molar-refractivity contribution in [2.24, 2.45) is 7.05 Å². The third-order valence-corrected chi connectivity index (χ3v) is 3.61. The zero-order valence-corrected chi connectivity index (χ0v) is 12.3. The number of fused-ring (bicyclic) bond motifs is 1. The van der Waals surface area contributed by atoms with Crippen LogP contribution < -0.4 is 5.32 Å². The van der Waals surface area contributed by atoms with E-state index in [1.54, 1.807) is 24.6 Å². The van der Waals surface area contributed by atoms with Crippen LogP contribution in [0, 0.1) is 5.82 Å². The molecule has 0 aliphatic carbocycles. The van der Waals surface area contributed by atoms with E-state index in [4.69, 9.17) is 4.42 Å². The van der Waals surface area contributed by atoms with Crippen LogP contribution >= 0.6 is 0 Å². The molecule has 3 aromatic heterocycles. The zero-order chi connectivity index (χ0) is 15.8. The number of benzene rings is 1. The molecule has 4 aromatic rings. The van der Waals surface area contributed by atoms with E-state index in [1.165, 1.54) is 12.1 Å². The van der Waals surface area contributed by atoms with E-state index >= 15 is 0 Å². The first-order valence-electron chi connectivity index (χ1n) is 7.09. The molecule has 0 bridgehead atoms. The molecule has 0 fully saturated rings. The number of aryl methyl sites for hydroxylation is 1. The Morgan fingerprint density at radius 1 is 1.17 bits per heavy atom. The number of imidazole rings is 1. The Balaban J connectivity index is 1.74. The summed E-state index contributed by atoms with van der Waals surface area (Å²) in [6.07, 6.45) is 3.30. The molecule has 4 rings (SSSR count). The Morgan fingerprint density at radius 2 is 2.09 bits per heavy atom. The molecule has 0 unspecified atom stereocenters. The van der Waals surface area contributed by atoms with E-state index in [1.807, 2.05) is 29.8 Å². The SMILES string of the molecule is Cn1c(-c2ccco2)nc2cnc(Nc3cccc(F)c3)cc21. The number of rotatable bonds is 3. The molecule has 5 nitrogen and oxygen atoms in total. The van der Waals surface area contributed by atoms with Gasteiger partial charge in [-0.1, -0.05) is 6.07 Å². The fourth-order valence-electron chi connectivity index (χ4n) is 2.50. The summed E-state index contributed by atoms with van der Waals surface area (Å²) in [6, 6.07) is 11.8. The molecule has 23 heavy (non-hydrogen) atoms. The van der Waals surface area contributed by atoms with E-state index in [9.17, 15) is 4.39 Å². The molecule has 0 amide bonds. The summed E-state index contributed by atoms with van der Waals surface area (Å²) in [5.74, 6) is 1.76. The van der Waals surface area contributed by atoms with Crippen molar-refractivity contribution in [2.75, 3.05) is 5.32 Å². The average molecular weight is 308 g/mol. The fraction of sp³-hybridized carbons (Fsp3) is 0.0588. The van der Waals surface area contributed by atoms with Gasteiger partial charge in [0.2, 0.25) is 0 Å². The van der Waals surface area contributed by atoms with E-state index in [0.717, 1.165) is 16.9 Å². The lowest BCUT2D eigenvalue weighted by molar-refractivity contribution is 0.574. The number of furan rings is 1.